The lowest BCUT2D eigenvalue weighted by Gasteiger charge is -2.40. The molecule has 1 aliphatic heterocycles. The smallest absolute Gasteiger partial charge is 0.140 e. The van der Waals surface area contributed by atoms with E-state index in [9.17, 15) is 0 Å². The number of fused-ring (bicyclic) bond motifs is 14. The second-order valence-electron chi connectivity index (χ2n) is 15.6. The molecular formula is C55H36O. The zero-order valence-corrected chi connectivity index (χ0v) is 31.0. The molecule has 1 heteroatoms. The Bertz CT molecular complexity index is 3030. The van der Waals surface area contributed by atoms with Crippen molar-refractivity contribution < 1.29 is 4.74 Å². The van der Waals surface area contributed by atoms with Crippen molar-refractivity contribution in [2.75, 3.05) is 0 Å². The summed E-state index contributed by atoms with van der Waals surface area (Å²) >= 11 is 0. The predicted molar refractivity (Wildman–Crippen MR) is 230 cm³/mol. The zero-order valence-electron chi connectivity index (χ0n) is 31.0. The van der Waals surface area contributed by atoms with Crippen LogP contribution in [-0.2, 0) is 10.8 Å². The number of para-hydroxylation sites is 1. The molecule has 1 atom stereocenters. The Hall–Kier alpha value is -6.96. The molecule has 262 valence electrons. The molecule has 0 bridgehead atoms. The average Bonchev–Trinajstić information content (AvgIpc) is 3.71. The summed E-state index contributed by atoms with van der Waals surface area (Å²) in [4.78, 5) is 0. The first-order valence-electron chi connectivity index (χ1n) is 19.6. The molecule has 0 radical (unpaired) electrons. The molecule has 1 spiro atoms. The van der Waals surface area contributed by atoms with Gasteiger partial charge in [0.15, 0.2) is 0 Å². The second-order valence-corrected chi connectivity index (χ2v) is 15.6. The van der Waals surface area contributed by atoms with E-state index >= 15 is 0 Å². The summed E-state index contributed by atoms with van der Waals surface area (Å²) in [5.74, 6) is 1.84. The molecule has 0 aromatic heterocycles. The van der Waals surface area contributed by atoms with Crippen LogP contribution >= 0.6 is 0 Å². The minimum Gasteiger partial charge on any atom is -0.456 e. The number of hydrogen-bond acceptors (Lipinski definition) is 1. The predicted octanol–water partition coefficient (Wildman–Crippen LogP) is 14.0. The number of benzene rings is 9. The summed E-state index contributed by atoms with van der Waals surface area (Å²) in [6, 6.07) is 73.9. The quantitative estimate of drug-likeness (QED) is 0.177. The fourth-order valence-electron chi connectivity index (χ4n) is 10.7. The molecule has 0 saturated carbocycles. The maximum Gasteiger partial charge on any atom is 0.140 e. The Morgan fingerprint density at radius 3 is 1.55 bits per heavy atom. The van der Waals surface area contributed by atoms with E-state index in [4.69, 9.17) is 4.74 Å². The molecule has 1 heterocycles. The third kappa shape index (κ3) is 3.94. The van der Waals surface area contributed by atoms with Gasteiger partial charge in [-0.05, 0) is 96.8 Å². The average molecular weight is 713 g/mol. The Morgan fingerprint density at radius 2 is 0.839 bits per heavy atom. The van der Waals surface area contributed by atoms with Crippen LogP contribution < -0.4 is 4.74 Å². The van der Waals surface area contributed by atoms with Crippen LogP contribution in [0.2, 0.25) is 0 Å². The van der Waals surface area contributed by atoms with Crippen molar-refractivity contribution in [3.05, 3.63) is 239 Å². The van der Waals surface area contributed by atoms with Crippen LogP contribution in [-0.4, -0.2) is 0 Å². The molecular weight excluding hydrogens is 677 g/mol. The zero-order chi connectivity index (χ0) is 37.0. The molecule has 0 amide bonds. The molecule has 9 aromatic carbocycles. The molecule has 9 aromatic rings. The number of hydrogen-bond donors (Lipinski definition) is 0. The third-order valence-electron chi connectivity index (χ3n) is 13.1. The Kier molecular flexibility index (Phi) is 6.46. The van der Waals surface area contributed by atoms with Gasteiger partial charge in [-0.1, -0.05) is 188 Å². The van der Waals surface area contributed by atoms with E-state index < -0.39 is 5.41 Å². The van der Waals surface area contributed by atoms with Crippen LogP contribution in [0.3, 0.4) is 0 Å². The van der Waals surface area contributed by atoms with E-state index in [1.165, 1.54) is 88.8 Å². The number of rotatable bonds is 3. The summed E-state index contributed by atoms with van der Waals surface area (Å²) in [6.45, 7) is 2.40. The largest absolute Gasteiger partial charge is 0.456 e. The lowest BCUT2D eigenvalue weighted by Crippen LogP contribution is -2.32. The van der Waals surface area contributed by atoms with Crippen LogP contribution in [0, 0.1) is 0 Å². The van der Waals surface area contributed by atoms with Gasteiger partial charge >= 0.3 is 0 Å². The van der Waals surface area contributed by atoms with Gasteiger partial charge in [-0.15, -0.1) is 0 Å². The first-order chi connectivity index (χ1) is 27.7. The fraction of sp³-hybridized carbons (Fsp3) is 0.0545. The molecule has 2 aliphatic carbocycles. The van der Waals surface area contributed by atoms with Gasteiger partial charge in [-0.3, -0.25) is 0 Å². The maximum atomic E-state index is 7.08. The highest BCUT2D eigenvalue weighted by molar-refractivity contribution is 6.07. The van der Waals surface area contributed by atoms with Gasteiger partial charge < -0.3 is 4.74 Å². The monoisotopic (exact) mass is 712 g/mol. The summed E-state index contributed by atoms with van der Waals surface area (Å²) in [6.07, 6.45) is 0. The van der Waals surface area contributed by atoms with Crippen LogP contribution in [0.1, 0.15) is 45.9 Å². The van der Waals surface area contributed by atoms with Gasteiger partial charge in [0.1, 0.15) is 11.5 Å². The normalized spacial score (nSPS) is 16.3. The Morgan fingerprint density at radius 1 is 0.339 bits per heavy atom. The Labute approximate surface area is 327 Å². The highest BCUT2D eigenvalue weighted by Crippen LogP contribution is 2.64. The number of ether oxygens (including phenoxy) is 1. The summed E-state index contributed by atoms with van der Waals surface area (Å²) < 4.78 is 7.08. The van der Waals surface area contributed by atoms with Crippen molar-refractivity contribution in [2.45, 2.75) is 17.8 Å². The van der Waals surface area contributed by atoms with Gasteiger partial charge in [0.25, 0.3) is 0 Å². The van der Waals surface area contributed by atoms with E-state index in [2.05, 4.69) is 207 Å². The van der Waals surface area contributed by atoms with E-state index in [1.807, 2.05) is 0 Å². The first kappa shape index (κ1) is 31.4. The summed E-state index contributed by atoms with van der Waals surface area (Å²) in [5, 5.41) is 2.29. The molecule has 0 N–H and O–H groups in total. The molecule has 1 unspecified atom stereocenters. The molecule has 0 fully saturated rings. The first-order valence-corrected chi connectivity index (χ1v) is 19.6. The van der Waals surface area contributed by atoms with Crippen molar-refractivity contribution in [3.8, 4) is 56.0 Å². The lowest BCUT2D eigenvalue weighted by molar-refractivity contribution is 0.442. The lowest BCUT2D eigenvalue weighted by atomic mass is 9.65. The van der Waals surface area contributed by atoms with Gasteiger partial charge in [0, 0.05) is 21.9 Å². The van der Waals surface area contributed by atoms with Gasteiger partial charge in [0.2, 0.25) is 0 Å². The van der Waals surface area contributed by atoms with Gasteiger partial charge in [0.05, 0.1) is 5.41 Å². The molecule has 12 rings (SSSR count). The molecule has 0 saturated heterocycles. The highest BCUT2D eigenvalue weighted by atomic mass is 16.5. The van der Waals surface area contributed by atoms with Crippen LogP contribution in [0.4, 0.5) is 0 Å². The van der Waals surface area contributed by atoms with Gasteiger partial charge in [-0.25, -0.2) is 0 Å². The topological polar surface area (TPSA) is 9.23 Å². The van der Waals surface area contributed by atoms with E-state index in [0.717, 1.165) is 16.9 Å². The standard InChI is InChI=1S/C55H36O/c1-54(35-18-3-2-4-19-35)45-28-12-11-26-43(45)52-41(27-17-32-49(52)54)36-20-5-6-21-37(36)44-34-50-53(42-25-8-7-22-38(42)44)56-51-33-16-15-31-48(51)55(50)46-29-13-9-23-39(46)40-24-10-14-30-47(40)55/h2-34H,1H3. The van der Waals surface area contributed by atoms with E-state index in [-0.39, 0.29) is 5.41 Å². The van der Waals surface area contributed by atoms with Crippen molar-refractivity contribution >= 4 is 10.8 Å². The van der Waals surface area contributed by atoms with Crippen LogP contribution in [0.15, 0.2) is 200 Å². The maximum absolute atomic E-state index is 7.08. The molecule has 56 heavy (non-hydrogen) atoms. The highest BCUT2D eigenvalue weighted by Gasteiger charge is 2.51. The van der Waals surface area contributed by atoms with Crippen molar-refractivity contribution in [3.63, 3.8) is 0 Å². The van der Waals surface area contributed by atoms with Crippen molar-refractivity contribution in [1.29, 1.82) is 0 Å². The van der Waals surface area contributed by atoms with E-state index in [1.54, 1.807) is 0 Å². The minimum atomic E-state index is -0.560. The SMILES string of the molecule is CC1(c2ccccc2)c2ccccc2-c2c(-c3ccccc3-c3cc4c(c5ccccc35)Oc3ccccc3C43c4ccccc4-c4ccccc43)cccc21. The molecule has 3 aliphatic rings. The van der Waals surface area contributed by atoms with Crippen LogP contribution in [0.5, 0.6) is 11.5 Å². The molecule has 1 nitrogen and oxygen atoms in total. The van der Waals surface area contributed by atoms with Gasteiger partial charge in [-0.2, -0.15) is 0 Å². The van der Waals surface area contributed by atoms with E-state index in [0.29, 0.717) is 0 Å². The van der Waals surface area contributed by atoms with Crippen LogP contribution in [0.25, 0.3) is 55.3 Å². The second kappa shape index (κ2) is 11.5. The Balaban J connectivity index is 1.17. The summed E-state index contributed by atoms with van der Waals surface area (Å²) in [7, 11) is 0. The van der Waals surface area contributed by atoms with Crippen molar-refractivity contribution in [1.82, 2.24) is 0 Å². The summed E-state index contributed by atoms with van der Waals surface area (Å²) in [5.41, 5.74) is 18.2. The third-order valence-corrected chi connectivity index (χ3v) is 13.1. The van der Waals surface area contributed by atoms with Crippen molar-refractivity contribution in [2.24, 2.45) is 0 Å². The fourth-order valence-corrected chi connectivity index (χ4v) is 10.7. The minimum absolute atomic E-state index is 0.281.